The maximum Gasteiger partial charge on any atom is 0.279 e. The number of hydrogen-bond acceptors (Lipinski definition) is 3. The predicted molar refractivity (Wildman–Crippen MR) is 77.0 cm³/mol. The molecule has 5 nitrogen and oxygen atoms in total. The Morgan fingerprint density at radius 1 is 1.37 bits per heavy atom. The van der Waals surface area contributed by atoms with Crippen molar-refractivity contribution in [3.63, 3.8) is 0 Å². The summed E-state index contributed by atoms with van der Waals surface area (Å²) >= 11 is 3.38. The molecule has 1 aliphatic heterocycles. The summed E-state index contributed by atoms with van der Waals surface area (Å²) in [6.45, 7) is 2.63. The van der Waals surface area contributed by atoms with E-state index < -0.39 is 10.2 Å². The Balaban J connectivity index is 2.25. The first-order valence-electron chi connectivity index (χ1n) is 6.03. The Labute approximate surface area is 122 Å². The van der Waals surface area contributed by atoms with Gasteiger partial charge in [-0.1, -0.05) is 28.1 Å². The molecule has 2 atom stereocenters. The molecule has 0 aromatic heterocycles. The highest BCUT2D eigenvalue weighted by Gasteiger charge is 2.36. The summed E-state index contributed by atoms with van der Waals surface area (Å²) in [5, 5.41) is 0. The number of benzene rings is 1. The van der Waals surface area contributed by atoms with Crippen LogP contribution in [0.25, 0.3) is 0 Å². The summed E-state index contributed by atoms with van der Waals surface area (Å²) in [6, 6.07) is 7.50. The number of halogens is 1. The number of nitrogens with one attached hydrogen (secondary N) is 1. The van der Waals surface area contributed by atoms with Gasteiger partial charge in [0.25, 0.3) is 10.2 Å². The summed E-state index contributed by atoms with van der Waals surface area (Å²) < 4.78 is 34.4. The fourth-order valence-electron chi connectivity index (χ4n) is 2.25. The van der Waals surface area contributed by atoms with Gasteiger partial charge >= 0.3 is 0 Å². The second-order valence-electron chi connectivity index (χ2n) is 4.40. The topological polar surface area (TPSA) is 58.6 Å². The number of hydrogen-bond donors (Lipinski definition) is 1. The highest BCUT2D eigenvalue weighted by molar-refractivity contribution is 9.10. The van der Waals surface area contributed by atoms with Gasteiger partial charge in [-0.25, -0.2) is 4.72 Å². The lowest BCUT2D eigenvalue weighted by atomic mass is 10.0. The molecule has 0 bridgehead atoms. The molecule has 106 valence electrons. The maximum atomic E-state index is 11.9. The van der Waals surface area contributed by atoms with Gasteiger partial charge in [0, 0.05) is 18.1 Å². The van der Waals surface area contributed by atoms with Crippen molar-refractivity contribution in [1.82, 2.24) is 9.03 Å². The van der Waals surface area contributed by atoms with Gasteiger partial charge in [0.1, 0.15) is 0 Å². The zero-order chi connectivity index (χ0) is 14.0. The van der Waals surface area contributed by atoms with Gasteiger partial charge in [0.2, 0.25) is 0 Å². The SMILES string of the molecule is CNS(=O)(=O)N1CCOC(c2ccc(Br)cc2)C1C. The van der Waals surface area contributed by atoms with Gasteiger partial charge in [-0.3, -0.25) is 0 Å². The van der Waals surface area contributed by atoms with Crippen LogP contribution in [0.15, 0.2) is 28.7 Å². The van der Waals surface area contributed by atoms with Gasteiger partial charge in [-0.05, 0) is 24.6 Å². The predicted octanol–water partition coefficient (Wildman–Crippen LogP) is 1.68. The van der Waals surface area contributed by atoms with Gasteiger partial charge in [-0.15, -0.1) is 0 Å². The molecule has 1 aromatic carbocycles. The minimum Gasteiger partial charge on any atom is -0.370 e. The van der Waals surface area contributed by atoms with Gasteiger partial charge in [-0.2, -0.15) is 12.7 Å². The molecule has 1 aromatic rings. The maximum absolute atomic E-state index is 11.9. The van der Waals surface area contributed by atoms with E-state index in [4.69, 9.17) is 4.74 Å². The minimum absolute atomic E-state index is 0.243. The number of ether oxygens (including phenoxy) is 1. The van der Waals surface area contributed by atoms with Crippen molar-refractivity contribution in [3.8, 4) is 0 Å². The van der Waals surface area contributed by atoms with Crippen LogP contribution in [0.4, 0.5) is 0 Å². The fraction of sp³-hybridized carbons (Fsp3) is 0.500. The molecule has 0 radical (unpaired) electrons. The first kappa shape index (κ1) is 14.9. The largest absolute Gasteiger partial charge is 0.370 e. The molecule has 0 aliphatic carbocycles. The Hall–Kier alpha value is -0.470. The van der Waals surface area contributed by atoms with E-state index in [-0.39, 0.29) is 12.1 Å². The second-order valence-corrected chi connectivity index (χ2v) is 7.15. The summed E-state index contributed by atoms with van der Waals surface area (Å²) in [5.74, 6) is 0. The van der Waals surface area contributed by atoms with E-state index in [1.165, 1.54) is 11.4 Å². The second kappa shape index (κ2) is 5.88. The highest BCUT2D eigenvalue weighted by Crippen LogP contribution is 2.30. The molecule has 1 N–H and O–H groups in total. The molecule has 1 saturated heterocycles. The number of morpholine rings is 1. The van der Waals surface area contributed by atoms with Crippen LogP contribution in [-0.4, -0.2) is 39.0 Å². The van der Waals surface area contributed by atoms with Crippen molar-refractivity contribution in [2.45, 2.75) is 19.1 Å². The van der Waals surface area contributed by atoms with Crippen LogP contribution in [-0.2, 0) is 14.9 Å². The number of rotatable bonds is 3. The van der Waals surface area contributed by atoms with Gasteiger partial charge in [0.15, 0.2) is 0 Å². The lowest BCUT2D eigenvalue weighted by Gasteiger charge is -2.38. The lowest BCUT2D eigenvalue weighted by Crippen LogP contribution is -2.51. The third-order valence-corrected chi connectivity index (χ3v) is 5.44. The molecule has 0 spiro atoms. The molecule has 0 saturated carbocycles. The third kappa shape index (κ3) is 3.17. The third-order valence-electron chi connectivity index (χ3n) is 3.27. The minimum atomic E-state index is -3.43. The molecule has 0 amide bonds. The first-order valence-corrected chi connectivity index (χ1v) is 8.26. The van der Waals surface area contributed by atoms with E-state index in [0.717, 1.165) is 10.0 Å². The molecule has 19 heavy (non-hydrogen) atoms. The van der Waals surface area contributed by atoms with E-state index in [1.54, 1.807) is 0 Å². The molecule has 1 heterocycles. The lowest BCUT2D eigenvalue weighted by molar-refractivity contribution is -0.0364. The van der Waals surface area contributed by atoms with Gasteiger partial charge in [0.05, 0.1) is 18.8 Å². The first-order chi connectivity index (χ1) is 8.95. The van der Waals surface area contributed by atoms with Crippen LogP contribution in [0.5, 0.6) is 0 Å². The van der Waals surface area contributed by atoms with Crippen LogP contribution in [0.2, 0.25) is 0 Å². The zero-order valence-corrected chi connectivity index (χ0v) is 13.2. The number of nitrogens with zero attached hydrogens (tertiary/aromatic N) is 1. The van der Waals surface area contributed by atoms with Crippen molar-refractivity contribution in [3.05, 3.63) is 34.3 Å². The monoisotopic (exact) mass is 348 g/mol. The average Bonchev–Trinajstić information content (AvgIpc) is 2.40. The Morgan fingerprint density at radius 2 is 2.00 bits per heavy atom. The van der Waals surface area contributed by atoms with Crippen molar-refractivity contribution >= 4 is 26.1 Å². The summed E-state index contributed by atoms with van der Waals surface area (Å²) in [7, 11) is -2.00. The molecule has 1 fully saturated rings. The molecular formula is C12H17BrN2O3S. The summed E-state index contributed by atoms with van der Waals surface area (Å²) in [4.78, 5) is 0. The molecule has 2 rings (SSSR count). The Kier molecular flexibility index (Phi) is 4.62. The smallest absolute Gasteiger partial charge is 0.279 e. The zero-order valence-electron chi connectivity index (χ0n) is 10.8. The van der Waals surface area contributed by atoms with Crippen molar-refractivity contribution in [2.75, 3.05) is 20.2 Å². The Morgan fingerprint density at radius 3 is 2.58 bits per heavy atom. The quantitative estimate of drug-likeness (QED) is 0.903. The Bertz CT molecular complexity index is 532. The van der Waals surface area contributed by atoms with Gasteiger partial charge < -0.3 is 4.74 Å². The van der Waals surface area contributed by atoms with Crippen LogP contribution in [0.1, 0.15) is 18.6 Å². The summed E-state index contributed by atoms with van der Waals surface area (Å²) in [5.41, 5.74) is 0.978. The van der Waals surface area contributed by atoms with Crippen molar-refractivity contribution in [1.29, 1.82) is 0 Å². The molecular weight excluding hydrogens is 332 g/mol. The van der Waals surface area contributed by atoms with Crippen molar-refractivity contribution < 1.29 is 13.2 Å². The van der Waals surface area contributed by atoms with E-state index in [1.807, 2.05) is 31.2 Å². The van der Waals surface area contributed by atoms with E-state index in [2.05, 4.69) is 20.7 Å². The average molecular weight is 349 g/mol. The standard InChI is InChI=1S/C12H17BrN2O3S/c1-9-12(10-3-5-11(13)6-4-10)18-8-7-15(9)19(16,17)14-2/h3-6,9,12,14H,7-8H2,1-2H3. The van der Waals surface area contributed by atoms with E-state index in [0.29, 0.717) is 13.2 Å². The van der Waals surface area contributed by atoms with E-state index in [9.17, 15) is 8.42 Å². The molecule has 7 heteroatoms. The molecule has 1 aliphatic rings. The van der Waals surface area contributed by atoms with Crippen LogP contribution >= 0.6 is 15.9 Å². The van der Waals surface area contributed by atoms with Crippen LogP contribution in [0.3, 0.4) is 0 Å². The summed E-state index contributed by atoms with van der Waals surface area (Å²) in [6.07, 6.45) is -0.245. The highest BCUT2D eigenvalue weighted by atomic mass is 79.9. The van der Waals surface area contributed by atoms with E-state index >= 15 is 0 Å². The van der Waals surface area contributed by atoms with Crippen LogP contribution < -0.4 is 4.72 Å². The molecule has 2 unspecified atom stereocenters. The van der Waals surface area contributed by atoms with Crippen molar-refractivity contribution in [2.24, 2.45) is 0 Å². The normalized spacial score (nSPS) is 25.4. The fourth-order valence-corrected chi connectivity index (χ4v) is 3.61. The van der Waals surface area contributed by atoms with Crippen LogP contribution in [0, 0.1) is 0 Å².